The molecule has 0 bridgehead atoms. The maximum Gasteiger partial charge on any atom is 0.308 e. The molecule has 0 heterocycles. The first-order valence-electron chi connectivity index (χ1n) is 8.86. The molecule has 144 valence electrons. The number of nitrogens with one attached hydrogen (secondary N) is 2. The number of carbonyl (C=O) groups is 3. The van der Waals surface area contributed by atoms with Crippen molar-refractivity contribution in [3.63, 3.8) is 0 Å². The van der Waals surface area contributed by atoms with Gasteiger partial charge >= 0.3 is 5.97 Å². The lowest BCUT2D eigenvalue weighted by molar-refractivity contribution is -0.148. The fourth-order valence-corrected chi connectivity index (χ4v) is 2.19. The monoisotopic (exact) mass is 362 g/mol. The molecule has 0 fully saturated rings. The molecule has 0 unspecified atom stereocenters. The molecule has 0 aliphatic carbocycles. The van der Waals surface area contributed by atoms with Gasteiger partial charge in [-0.15, -0.1) is 0 Å². The Morgan fingerprint density at radius 2 is 1.58 bits per heavy atom. The van der Waals surface area contributed by atoms with E-state index in [4.69, 9.17) is 4.74 Å². The maximum absolute atomic E-state index is 12.5. The smallest absolute Gasteiger partial charge is 0.308 e. The number of benzene rings is 1. The molecule has 26 heavy (non-hydrogen) atoms. The van der Waals surface area contributed by atoms with Gasteiger partial charge in [-0.3, -0.25) is 14.4 Å². The van der Waals surface area contributed by atoms with Crippen LogP contribution in [0.1, 0.15) is 59.6 Å². The second kappa shape index (κ2) is 9.36. The third kappa shape index (κ3) is 7.25. The van der Waals surface area contributed by atoms with Gasteiger partial charge in [0.2, 0.25) is 11.8 Å². The zero-order valence-electron chi connectivity index (χ0n) is 16.5. The van der Waals surface area contributed by atoms with Gasteiger partial charge in [-0.25, -0.2) is 0 Å². The van der Waals surface area contributed by atoms with Crippen molar-refractivity contribution < 1.29 is 19.1 Å². The van der Waals surface area contributed by atoms with Gasteiger partial charge in [0.05, 0.1) is 18.6 Å². The molecule has 0 saturated heterocycles. The molecule has 0 aliphatic rings. The van der Waals surface area contributed by atoms with Crippen molar-refractivity contribution in [3.8, 4) is 0 Å². The van der Waals surface area contributed by atoms with Crippen LogP contribution in [0.2, 0.25) is 0 Å². The minimum absolute atomic E-state index is 0.0217. The molecule has 1 aromatic rings. The van der Waals surface area contributed by atoms with E-state index in [-0.39, 0.29) is 30.3 Å². The van der Waals surface area contributed by atoms with Gasteiger partial charge in [0, 0.05) is 5.41 Å². The Morgan fingerprint density at radius 3 is 2.08 bits per heavy atom. The highest BCUT2D eigenvalue weighted by Gasteiger charge is 2.27. The van der Waals surface area contributed by atoms with Gasteiger partial charge in [0.15, 0.2) is 0 Å². The average molecular weight is 362 g/mol. The summed E-state index contributed by atoms with van der Waals surface area (Å²) in [6, 6.07) is 7.98. The molecular weight excluding hydrogens is 332 g/mol. The number of rotatable bonds is 7. The molecule has 2 atom stereocenters. The number of carbonyl (C=O) groups excluding carboxylic acids is 3. The third-order valence-corrected chi connectivity index (χ3v) is 3.68. The normalized spacial score (nSPS) is 13.7. The molecular formula is C20H30N2O4. The molecule has 0 radical (unpaired) electrons. The van der Waals surface area contributed by atoms with Crippen LogP contribution >= 0.6 is 0 Å². The Kier molecular flexibility index (Phi) is 7.80. The summed E-state index contributed by atoms with van der Waals surface area (Å²) < 4.78 is 5.19. The summed E-state index contributed by atoms with van der Waals surface area (Å²) in [6.45, 7) is 10.5. The van der Waals surface area contributed by atoms with Crippen LogP contribution in [-0.2, 0) is 19.1 Å². The fourth-order valence-electron chi connectivity index (χ4n) is 2.19. The standard InChI is InChI=1S/C20H30N2O4/c1-13(2)26-17(23)12-16(15-10-8-7-9-11-15)22-18(24)14(3)21-19(25)20(4,5)6/h7-11,13-14,16H,12H2,1-6H3,(H,21,25)(H,22,24)/t14-,16-/m1/s1. The van der Waals surface area contributed by atoms with Crippen molar-refractivity contribution >= 4 is 17.8 Å². The van der Waals surface area contributed by atoms with E-state index in [1.165, 1.54) is 0 Å². The Balaban J connectivity index is 2.83. The van der Waals surface area contributed by atoms with Crippen LogP contribution in [0.5, 0.6) is 0 Å². The van der Waals surface area contributed by atoms with Crippen LogP contribution in [0, 0.1) is 5.41 Å². The van der Waals surface area contributed by atoms with E-state index < -0.39 is 17.5 Å². The molecule has 0 aliphatic heterocycles. The van der Waals surface area contributed by atoms with Gasteiger partial charge in [-0.05, 0) is 26.3 Å². The quantitative estimate of drug-likeness (QED) is 0.731. The molecule has 2 N–H and O–H groups in total. The van der Waals surface area contributed by atoms with Crippen LogP contribution in [0.15, 0.2) is 30.3 Å². The lowest BCUT2D eigenvalue weighted by atomic mass is 9.95. The van der Waals surface area contributed by atoms with E-state index in [0.717, 1.165) is 5.56 Å². The fraction of sp³-hybridized carbons (Fsp3) is 0.550. The first-order valence-corrected chi connectivity index (χ1v) is 8.86. The van der Waals surface area contributed by atoms with Crippen molar-refractivity contribution in [2.75, 3.05) is 0 Å². The van der Waals surface area contributed by atoms with Crippen molar-refractivity contribution in [2.24, 2.45) is 5.41 Å². The molecule has 2 amide bonds. The Hall–Kier alpha value is -2.37. The van der Waals surface area contributed by atoms with E-state index in [1.807, 2.05) is 30.3 Å². The minimum Gasteiger partial charge on any atom is -0.463 e. The summed E-state index contributed by atoms with van der Waals surface area (Å²) >= 11 is 0. The van der Waals surface area contributed by atoms with Crippen LogP contribution in [0.4, 0.5) is 0 Å². The summed E-state index contributed by atoms with van der Waals surface area (Å²) in [4.78, 5) is 36.6. The lowest BCUT2D eigenvalue weighted by Crippen LogP contribution is -2.49. The lowest BCUT2D eigenvalue weighted by Gasteiger charge is -2.24. The summed E-state index contributed by atoms with van der Waals surface area (Å²) in [5.41, 5.74) is 0.213. The zero-order chi connectivity index (χ0) is 19.9. The average Bonchev–Trinajstić information content (AvgIpc) is 2.53. The molecule has 0 aromatic heterocycles. The number of esters is 1. The Labute approximate surface area is 155 Å². The van der Waals surface area contributed by atoms with Crippen molar-refractivity contribution in [1.29, 1.82) is 0 Å². The zero-order valence-corrected chi connectivity index (χ0v) is 16.5. The van der Waals surface area contributed by atoms with Crippen LogP contribution in [0.25, 0.3) is 0 Å². The summed E-state index contributed by atoms with van der Waals surface area (Å²) in [5.74, 6) is -0.954. The van der Waals surface area contributed by atoms with Gasteiger partial charge in [-0.1, -0.05) is 51.1 Å². The number of ether oxygens (including phenoxy) is 1. The number of amides is 2. The van der Waals surface area contributed by atoms with Crippen LogP contribution < -0.4 is 10.6 Å². The Morgan fingerprint density at radius 1 is 1.00 bits per heavy atom. The van der Waals surface area contributed by atoms with E-state index in [0.29, 0.717) is 0 Å². The van der Waals surface area contributed by atoms with E-state index >= 15 is 0 Å². The molecule has 6 heteroatoms. The summed E-state index contributed by atoms with van der Waals surface area (Å²) in [6.07, 6.45) is -0.201. The first kappa shape index (κ1) is 21.7. The molecule has 1 rings (SSSR count). The summed E-state index contributed by atoms with van der Waals surface area (Å²) in [5, 5.41) is 5.53. The van der Waals surface area contributed by atoms with Crippen molar-refractivity contribution in [1.82, 2.24) is 10.6 Å². The minimum atomic E-state index is -0.714. The van der Waals surface area contributed by atoms with E-state index in [1.54, 1.807) is 41.5 Å². The van der Waals surface area contributed by atoms with Gasteiger partial charge in [0.25, 0.3) is 0 Å². The largest absolute Gasteiger partial charge is 0.463 e. The Bertz CT molecular complexity index is 620. The van der Waals surface area contributed by atoms with E-state index in [2.05, 4.69) is 10.6 Å². The van der Waals surface area contributed by atoms with Gasteiger partial charge < -0.3 is 15.4 Å². The second-order valence-electron chi connectivity index (χ2n) is 7.66. The predicted molar refractivity (Wildman–Crippen MR) is 100 cm³/mol. The number of hydrogen-bond donors (Lipinski definition) is 2. The highest BCUT2D eigenvalue weighted by molar-refractivity contribution is 5.89. The maximum atomic E-state index is 12.5. The molecule has 1 aromatic carbocycles. The second-order valence-corrected chi connectivity index (χ2v) is 7.66. The number of hydrogen-bond acceptors (Lipinski definition) is 4. The van der Waals surface area contributed by atoms with E-state index in [9.17, 15) is 14.4 Å². The first-order chi connectivity index (χ1) is 12.0. The molecule has 6 nitrogen and oxygen atoms in total. The highest BCUT2D eigenvalue weighted by Crippen LogP contribution is 2.18. The summed E-state index contributed by atoms with van der Waals surface area (Å²) in [7, 11) is 0. The SMILES string of the molecule is CC(C)OC(=O)C[C@@H](NC(=O)[C@@H](C)NC(=O)C(C)(C)C)c1ccccc1. The topological polar surface area (TPSA) is 84.5 Å². The van der Waals surface area contributed by atoms with Crippen LogP contribution in [0.3, 0.4) is 0 Å². The van der Waals surface area contributed by atoms with Gasteiger partial charge in [0.1, 0.15) is 6.04 Å². The third-order valence-electron chi connectivity index (χ3n) is 3.68. The van der Waals surface area contributed by atoms with Crippen molar-refractivity contribution in [3.05, 3.63) is 35.9 Å². The highest BCUT2D eigenvalue weighted by atomic mass is 16.5. The van der Waals surface area contributed by atoms with Gasteiger partial charge in [-0.2, -0.15) is 0 Å². The predicted octanol–water partition coefficient (Wildman–Crippen LogP) is 2.74. The van der Waals surface area contributed by atoms with Crippen LogP contribution in [-0.4, -0.2) is 29.9 Å². The van der Waals surface area contributed by atoms with Crippen molar-refractivity contribution in [2.45, 2.75) is 66.2 Å². The molecule has 0 saturated carbocycles. The molecule has 0 spiro atoms.